The normalized spacial score (nSPS) is 10.7. The molecule has 0 saturated carbocycles. The average Bonchev–Trinajstić information content (AvgIpc) is 3.15. The molecule has 0 amide bonds. The highest BCUT2D eigenvalue weighted by molar-refractivity contribution is 7.19. The van der Waals surface area contributed by atoms with Crippen LogP contribution in [0.1, 0.15) is 5.69 Å². The number of methoxy groups -OCH3 is 1. The van der Waals surface area contributed by atoms with E-state index in [9.17, 15) is 0 Å². The number of hydrogen-bond acceptors (Lipinski definition) is 7. The van der Waals surface area contributed by atoms with Crippen LogP contribution >= 0.6 is 22.9 Å². The number of ether oxygens (including phenoxy) is 1. The summed E-state index contributed by atoms with van der Waals surface area (Å²) in [6, 6.07) is 17.2. The van der Waals surface area contributed by atoms with Crippen LogP contribution in [0.4, 0.5) is 22.5 Å². The number of benzene rings is 2. The molecule has 0 unspecified atom stereocenters. The second-order valence-electron chi connectivity index (χ2n) is 6.54. The molecule has 0 atom stereocenters. The van der Waals surface area contributed by atoms with Gasteiger partial charge < -0.3 is 15.0 Å². The Balaban J connectivity index is 1.62. The summed E-state index contributed by atoms with van der Waals surface area (Å²) in [5, 5.41) is 4.75. The predicted octanol–water partition coefficient (Wildman–Crippen LogP) is 6.08. The van der Waals surface area contributed by atoms with Crippen molar-refractivity contribution in [2.45, 2.75) is 6.92 Å². The van der Waals surface area contributed by atoms with Crippen molar-refractivity contribution in [2.24, 2.45) is 0 Å². The molecule has 0 radical (unpaired) electrons. The molecule has 0 spiro atoms. The van der Waals surface area contributed by atoms with Gasteiger partial charge in [0.05, 0.1) is 34.1 Å². The van der Waals surface area contributed by atoms with E-state index in [1.807, 2.05) is 73.5 Å². The van der Waals surface area contributed by atoms with E-state index >= 15 is 0 Å². The first-order valence-corrected chi connectivity index (χ1v) is 10.4. The van der Waals surface area contributed by atoms with Gasteiger partial charge in [0, 0.05) is 25.0 Å². The third kappa shape index (κ3) is 4.22. The largest absolute Gasteiger partial charge is 0.497 e. The van der Waals surface area contributed by atoms with Crippen LogP contribution < -0.4 is 15.0 Å². The molecular weight excluding hydrogens is 418 g/mol. The van der Waals surface area contributed by atoms with E-state index in [0.717, 1.165) is 38.5 Å². The highest BCUT2D eigenvalue weighted by Crippen LogP contribution is 2.38. The molecule has 2 heterocycles. The molecule has 6 nitrogen and oxygen atoms in total. The summed E-state index contributed by atoms with van der Waals surface area (Å²) in [6.07, 6.45) is 1.74. The van der Waals surface area contributed by atoms with Gasteiger partial charge in [-0.05, 0) is 37.3 Å². The fraction of sp³-hybridized carbons (Fsp3) is 0.136. The first-order valence-electron chi connectivity index (χ1n) is 9.25. The maximum absolute atomic E-state index is 6.35. The van der Waals surface area contributed by atoms with Gasteiger partial charge in [0.1, 0.15) is 5.75 Å². The summed E-state index contributed by atoms with van der Waals surface area (Å²) >= 11 is 7.91. The van der Waals surface area contributed by atoms with E-state index in [-0.39, 0.29) is 0 Å². The lowest BCUT2D eigenvalue weighted by Crippen LogP contribution is -2.09. The molecule has 0 bridgehead atoms. The van der Waals surface area contributed by atoms with Crippen LogP contribution in [0.3, 0.4) is 0 Å². The van der Waals surface area contributed by atoms with Crippen LogP contribution in [0.15, 0.2) is 60.8 Å². The maximum Gasteiger partial charge on any atom is 0.227 e. The van der Waals surface area contributed by atoms with E-state index in [1.165, 1.54) is 0 Å². The van der Waals surface area contributed by atoms with Gasteiger partial charge in [0.15, 0.2) is 5.13 Å². The smallest absolute Gasteiger partial charge is 0.227 e. The highest BCUT2D eigenvalue weighted by Gasteiger charge is 2.17. The number of nitrogens with one attached hydrogen (secondary N) is 1. The summed E-state index contributed by atoms with van der Waals surface area (Å²) in [5.41, 5.74) is 3.47. The first kappa shape index (κ1) is 20.1. The number of aryl methyl sites for hydroxylation is 1. The standard InChI is InChI=1S/C22H20ClN5OS/c1-14-20(30-22(25-14)28(2)19-10-5-4-9-17(19)23)18-11-12-24-21(27-18)26-15-7-6-8-16(13-15)29-3/h4-13H,1-3H3,(H,24,26,27). The lowest BCUT2D eigenvalue weighted by Gasteiger charge is -2.17. The summed E-state index contributed by atoms with van der Waals surface area (Å²) in [6.45, 7) is 1.98. The Labute approximate surface area is 184 Å². The number of aromatic nitrogens is 3. The van der Waals surface area contributed by atoms with Crippen molar-refractivity contribution in [1.29, 1.82) is 0 Å². The molecule has 152 valence electrons. The monoisotopic (exact) mass is 437 g/mol. The molecular formula is C22H20ClN5OS. The van der Waals surface area contributed by atoms with Crippen molar-refractivity contribution in [2.75, 3.05) is 24.4 Å². The van der Waals surface area contributed by atoms with Gasteiger partial charge >= 0.3 is 0 Å². The van der Waals surface area contributed by atoms with Crippen molar-refractivity contribution in [3.05, 3.63) is 71.5 Å². The van der Waals surface area contributed by atoms with Gasteiger partial charge in [0.25, 0.3) is 0 Å². The first-order chi connectivity index (χ1) is 14.5. The van der Waals surface area contributed by atoms with Crippen molar-refractivity contribution in [3.8, 4) is 16.3 Å². The Morgan fingerprint density at radius 2 is 1.90 bits per heavy atom. The number of hydrogen-bond donors (Lipinski definition) is 1. The van der Waals surface area contributed by atoms with Crippen molar-refractivity contribution in [1.82, 2.24) is 15.0 Å². The Morgan fingerprint density at radius 1 is 1.07 bits per heavy atom. The number of halogens is 1. The Bertz CT molecular complexity index is 1180. The van der Waals surface area contributed by atoms with Gasteiger partial charge in [-0.15, -0.1) is 0 Å². The topological polar surface area (TPSA) is 63.2 Å². The molecule has 30 heavy (non-hydrogen) atoms. The fourth-order valence-electron chi connectivity index (χ4n) is 2.97. The number of nitrogens with zero attached hydrogens (tertiary/aromatic N) is 4. The van der Waals surface area contributed by atoms with E-state index in [1.54, 1.807) is 24.6 Å². The van der Waals surface area contributed by atoms with Crippen LogP contribution in [0.2, 0.25) is 5.02 Å². The second-order valence-corrected chi connectivity index (χ2v) is 7.93. The van der Waals surface area contributed by atoms with Crippen LogP contribution in [0.25, 0.3) is 10.6 Å². The maximum atomic E-state index is 6.35. The third-order valence-electron chi connectivity index (χ3n) is 4.50. The zero-order valence-corrected chi connectivity index (χ0v) is 18.3. The van der Waals surface area contributed by atoms with Gasteiger partial charge in [0.2, 0.25) is 5.95 Å². The van der Waals surface area contributed by atoms with E-state index in [4.69, 9.17) is 21.3 Å². The second kappa shape index (κ2) is 8.69. The number of rotatable bonds is 6. The minimum atomic E-state index is 0.509. The van der Waals surface area contributed by atoms with Crippen molar-refractivity contribution in [3.63, 3.8) is 0 Å². The zero-order valence-electron chi connectivity index (χ0n) is 16.8. The zero-order chi connectivity index (χ0) is 21.1. The summed E-state index contributed by atoms with van der Waals surface area (Å²) in [5.74, 6) is 1.27. The molecule has 1 N–H and O–H groups in total. The number of anilines is 4. The number of thiazole rings is 1. The van der Waals surface area contributed by atoms with Gasteiger partial charge in [-0.2, -0.15) is 0 Å². The molecule has 2 aromatic heterocycles. The molecule has 0 aliphatic rings. The lowest BCUT2D eigenvalue weighted by atomic mass is 10.3. The molecule has 0 saturated heterocycles. The van der Waals surface area contributed by atoms with Crippen LogP contribution in [0.5, 0.6) is 5.75 Å². The van der Waals surface area contributed by atoms with Gasteiger partial charge in [-0.25, -0.2) is 15.0 Å². The SMILES string of the molecule is COc1cccc(Nc2nccc(-c3sc(N(C)c4ccccc4Cl)nc3C)n2)c1. The molecule has 0 aliphatic heterocycles. The molecule has 0 aliphatic carbocycles. The van der Waals surface area contributed by atoms with E-state index in [0.29, 0.717) is 11.0 Å². The number of para-hydroxylation sites is 1. The third-order valence-corrected chi connectivity index (χ3v) is 6.08. The summed E-state index contributed by atoms with van der Waals surface area (Å²) in [7, 11) is 3.60. The molecule has 4 aromatic rings. The highest BCUT2D eigenvalue weighted by atomic mass is 35.5. The van der Waals surface area contributed by atoms with Crippen LogP contribution in [-0.4, -0.2) is 29.1 Å². The minimum Gasteiger partial charge on any atom is -0.497 e. The molecule has 4 rings (SSSR count). The average molecular weight is 438 g/mol. The van der Waals surface area contributed by atoms with Gasteiger partial charge in [-0.3, -0.25) is 0 Å². The van der Waals surface area contributed by atoms with Crippen LogP contribution in [0, 0.1) is 6.92 Å². The lowest BCUT2D eigenvalue weighted by molar-refractivity contribution is 0.415. The van der Waals surface area contributed by atoms with E-state index in [2.05, 4.69) is 15.3 Å². The Kier molecular flexibility index (Phi) is 5.83. The van der Waals surface area contributed by atoms with Gasteiger partial charge in [-0.1, -0.05) is 41.1 Å². The molecule has 0 fully saturated rings. The summed E-state index contributed by atoms with van der Waals surface area (Å²) < 4.78 is 5.27. The quantitative estimate of drug-likeness (QED) is 0.394. The minimum absolute atomic E-state index is 0.509. The molecule has 2 aromatic carbocycles. The Hall–Kier alpha value is -3.16. The fourth-order valence-corrected chi connectivity index (χ4v) is 4.24. The predicted molar refractivity (Wildman–Crippen MR) is 124 cm³/mol. The Morgan fingerprint density at radius 3 is 2.70 bits per heavy atom. The molecule has 8 heteroatoms. The summed E-state index contributed by atoms with van der Waals surface area (Å²) in [4.78, 5) is 16.7. The van der Waals surface area contributed by atoms with Crippen molar-refractivity contribution < 1.29 is 4.74 Å². The van der Waals surface area contributed by atoms with Crippen molar-refractivity contribution >= 4 is 45.4 Å². The van der Waals surface area contributed by atoms with Crippen LogP contribution in [-0.2, 0) is 0 Å². The van der Waals surface area contributed by atoms with E-state index < -0.39 is 0 Å².